The summed E-state index contributed by atoms with van der Waals surface area (Å²) in [6.45, 7) is 1.96. The minimum Gasteiger partial charge on any atom is -0.391 e. The lowest BCUT2D eigenvalue weighted by molar-refractivity contribution is 0.104. The maximum absolute atomic E-state index is 12.3. The molecule has 0 bridgehead atoms. The standard InChI is InChI=1S/C17H19BrO3S/c1-12-7-9-14(10-8-12)22(21)11-15(19)16(18)17(20)13-5-3-2-4-6-13/h2-10,15-17,19-20H,11H2,1H3/t15-,16-,17-,22?/m0/s1. The van der Waals surface area contributed by atoms with Crippen LogP contribution in [-0.4, -0.2) is 31.1 Å². The van der Waals surface area contributed by atoms with E-state index in [0.29, 0.717) is 10.5 Å². The molecule has 3 nitrogen and oxygen atoms in total. The number of hydrogen-bond acceptors (Lipinski definition) is 3. The monoisotopic (exact) mass is 382 g/mol. The Kier molecular flexibility index (Phi) is 6.32. The van der Waals surface area contributed by atoms with Gasteiger partial charge < -0.3 is 10.2 Å². The molecule has 0 aliphatic heterocycles. The molecule has 2 aromatic carbocycles. The summed E-state index contributed by atoms with van der Waals surface area (Å²) in [6.07, 6.45) is -1.77. The van der Waals surface area contributed by atoms with Crippen molar-refractivity contribution in [3.8, 4) is 0 Å². The first-order valence-electron chi connectivity index (χ1n) is 6.99. The van der Waals surface area contributed by atoms with E-state index in [1.165, 1.54) is 0 Å². The van der Waals surface area contributed by atoms with Gasteiger partial charge in [0.1, 0.15) is 0 Å². The van der Waals surface area contributed by atoms with Gasteiger partial charge in [0.25, 0.3) is 0 Å². The maximum atomic E-state index is 12.3. The van der Waals surface area contributed by atoms with Crippen LogP contribution in [0.2, 0.25) is 0 Å². The fourth-order valence-electron chi connectivity index (χ4n) is 2.08. The second kappa shape index (κ2) is 8.02. The molecule has 0 aromatic heterocycles. The van der Waals surface area contributed by atoms with E-state index >= 15 is 0 Å². The lowest BCUT2D eigenvalue weighted by atomic mass is 10.0. The van der Waals surface area contributed by atoms with Crippen LogP contribution in [0.3, 0.4) is 0 Å². The molecule has 0 amide bonds. The van der Waals surface area contributed by atoms with Crippen LogP contribution in [0.1, 0.15) is 17.2 Å². The third-order valence-electron chi connectivity index (χ3n) is 3.42. The summed E-state index contributed by atoms with van der Waals surface area (Å²) in [6, 6.07) is 16.5. The van der Waals surface area contributed by atoms with Crippen LogP contribution in [0.15, 0.2) is 59.5 Å². The van der Waals surface area contributed by atoms with Crippen molar-refractivity contribution < 1.29 is 14.4 Å². The molecule has 5 heteroatoms. The molecule has 22 heavy (non-hydrogen) atoms. The molecule has 2 rings (SSSR count). The number of aryl methyl sites for hydroxylation is 1. The second-order valence-electron chi connectivity index (χ2n) is 5.19. The molecular weight excluding hydrogens is 364 g/mol. The molecule has 0 fully saturated rings. The molecule has 118 valence electrons. The van der Waals surface area contributed by atoms with Crippen molar-refractivity contribution in [1.29, 1.82) is 0 Å². The predicted molar refractivity (Wildman–Crippen MR) is 92.6 cm³/mol. The first kappa shape index (κ1) is 17.3. The van der Waals surface area contributed by atoms with Gasteiger partial charge >= 0.3 is 0 Å². The maximum Gasteiger partial charge on any atom is 0.0940 e. The largest absolute Gasteiger partial charge is 0.391 e. The van der Waals surface area contributed by atoms with E-state index in [4.69, 9.17) is 0 Å². The van der Waals surface area contributed by atoms with Crippen molar-refractivity contribution in [3.05, 3.63) is 65.7 Å². The van der Waals surface area contributed by atoms with E-state index in [2.05, 4.69) is 15.9 Å². The van der Waals surface area contributed by atoms with E-state index in [1.807, 2.05) is 37.3 Å². The lowest BCUT2D eigenvalue weighted by Crippen LogP contribution is -2.31. The molecule has 0 heterocycles. The van der Waals surface area contributed by atoms with Crippen LogP contribution in [0, 0.1) is 6.92 Å². The highest BCUT2D eigenvalue weighted by atomic mass is 79.9. The predicted octanol–water partition coefficient (Wildman–Crippen LogP) is 2.96. The first-order valence-corrected chi connectivity index (χ1v) is 9.22. The van der Waals surface area contributed by atoms with Crippen molar-refractivity contribution >= 4 is 26.7 Å². The zero-order valence-corrected chi connectivity index (χ0v) is 14.6. The van der Waals surface area contributed by atoms with Crippen LogP contribution >= 0.6 is 15.9 Å². The number of aliphatic hydroxyl groups is 2. The summed E-state index contributed by atoms with van der Waals surface area (Å²) >= 11 is 3.32. The first-order chi connectivity index (χ1) is 10.5. The summed E-state index contributed by atoms with van der Waals surface area (Å²) in [5, 5.41) is 20.5. The van der Waals surface area contributed by atoms with Gasteiger partial charge in [-0.2, -0.15) is 0 Å². The van der Waals surface area contributed by atoms with Gasteiger partial charge in [0.05, 0.1) is 33.6 Å². The molecule has 0 aliphatic rings. The van der Waals surface area contributed by atoms with Gasteiger partial charge in [-0.05, 0) is 24.6 Å². The lowest BCUT2D eigenvalue weighted by Gasteiger charge is -2.22. The van der Waals surface area contributed by atoms with Crippen LogP contribution < -0.4 is 0 Å². The molecule has 0 saturated heterocycles. The number of aliphatic hydroxyl groups excluding tert-OH is 2. The zero-order valence-electron chi connectivity index (χ0n) is 12.2. The Hall–Kier alpha value is -1.01. The fourth-order valence-corrected chi connectivity index (χ4v) is 3.97. The smallest absolute Gasteiger partial charge is 0.0940 e. The minimum atomic E-state index is -1.31. The van der Waals surface area contributed by atoms with E-state index < -0.39 is 27.8 Å². The zero-order chi connectivity index (χ0) is 16.1. The topological polar surface area (TPSA) is 57.5 Å². The van der Waals surface area contributed by atoms with E-state index in [1.54, 1.807) is 24.3 Å². The third kappa shape index (κ3) is 4.49. The third-order valence-corrected chi connectivity index (χ3v) is 5.97. The van der Waals surface area contributed by atoms with Gasteiger partial charge in [-0.3, -0.25) is 4.21 Å². The molecule has 0 spiro atoms. The molecule has 4 atom stereocenters. The van der Waals surface area contributed by atoms with Gasteiger partial charge in [-0.15, -0.1) is 0 Å². The van der Waals surface area contributed by atoms with Gasteiger partial charge in [-0.25, -0.2) is 0 Å². The van der Waals surface area contributed by atoms with Crippen molar-refractivity contribution in [2.45, 2.75) is 28.9 Å². The average Bonchev–Trinajstić information content (AvgIpc) is 2.54. The van der Waals surface area contributed by atoms with E-state index in [-0.39, 0.29) is 5.75 Å². The van der Waals surface area contributed by atoms with Gasteiger partial charge in [0.2, 0.25) is 0 Å². The number of rotatable bonds is 6. The Morgan fingerprint density at radius 2 is 1.64 bits per heavy atom. The molecule has 1 unspecified atom stereocenters. The molecule has 0 aliphatic carbocycles. The number of halogens is 1. The van der Waals surface area contributed by atoms with Crippen molar-refractivity contribution in [3.63, 3.8) is 0 Å². The summed E-state index contributed by atoms with van der Waals surface area (Å²) in [5.74, 6) is 0.0723. The van der Waals surface area contributed by atoms with Gasteiger partial charge in [0.15, 0.2) is 0 Å². The SMILES string of the molecule is Cc1ccc(S(=O)C[C@H](O)[C@H](Br)[C@@H](O)c2ccccc2)cc1. The van der Waals surface area contributed by atoms with Crippen molar-refractivity contribution in [2.24, 2.45) is 0 Å². The van der Waals surface area contributed by atoms with Crippen molar-refractivity contribution in [2.75, 3.05) is 5.75 Å². The molecule has 0 saturated carbocycles. The summed E-state index contributed by atoms with van der Waals surface area (Å²) < 4.78 is 12.3. The Morgan fingerprint density at radius 3 is 2.23 bits per heavy atom. The highest BCUT2D eigenvalue weighted by molar-refractivity contribution is 9.09. The minimum absolute atomic E-state index is 0.0723. The summed E-state index contributed by atoms with van der Waals surface area (Å²) in [4.78, 5) is 0.0999. The average molecular weight is 383 g/mol. The Labute approximate surface area is 141 Å². The van der Waals surface area contributed by atoms with Gasteiger partial charge in [-0.1, -0.05) is 64.0 Å². The van der Waals surface area contributed by atoms with Crippen LogP contribution in [0.4, 0.5) is 0 Å². The summed E-state index contributed by atoms with van der Waals surface area (Å²) in [7, 11) is -1.31. The fraction of sp³-hybridized carbons (Fsp3) is 0.294. The normalized spacial score (nSPS) is 16.7. The van der Waals surface area contributed by atoms with Crippen LogP contribution in [0.5, 0.6) is 0 Å². The number of benzene rings is 2. The molecule has 2 aromatic rings. The number of alkyl halides is 1. The molecular formula is C17H19BrO3S. The van der Waals surface area contributed by atoms with Crippen LogP contribution in [0.25, 0.3) is 0 Å². The van der Waals surface area contributed by atoms with E-state index in [9.17, 15) is 14.4 Å². The van der Waals surface area contributed by atoms with Gasteiger partial charge in [0, 0.05) is 4.90 Å². The number of hydrogen-bond donors (Lipinski definition) is 2. The Balaban J connectivity index is 2.00. The highest BCUT2D eigenvalue weighted by Gasteiger charge is 2.27. The quantitative estimate of drug-likeness (QED) is 0.755. The Bertz CT molecular complexity index is 616. The van der Waals surface area contributed by atoms with E-state index in [0.717, 1.165) is 5.56 Å². The van der Waals surface area contributed by atoms with Crippen molar-refractivity contribution in [1.82, 2.24) is 0 Å². The second-order valence-corrected chi connectivity index (χ2v) is 7.75. The summed E-state index contributed by atoms with van der Waals surface area (Å²) in [5.41, 5.74) is 1.81. The Morgan fingerprint density at radius 1 is 1.05 bits per heavy atom. The van der Waals surface area contributed by atoms with Crippen LogP contribution in [-0.2, 0) is 10.8 Å². The molecule has 2 N–H and O–H groups in total. The molecule has 0 radical (unpaired) electrons. The highest BCUT2D eigenvalue weighted by Crippen LogP contribution is 2.26.